The molecule has 1 atom stereocenters. The number of allylic oxidation sites excluding steroid dienone is 15. The molecule has 0 radical (unpaired) electrons. The van der Waals surface area contributed by atoms with Crippen molar-refractivity contribution < 1.29 is 5.11 Å². The molecular formula is C44H74N2O. The van der Waals surface area contributed by atoms with Crippen molar-refractivity contribution in [2.75, 3.05) is 0 Å². The summed E-state index contributed by atoms with van der Waals surface area (Å²) in [6.07, 6.45) is 35.7. The molecule has 0 aliphatic heterocycles. The molecule has 0 fully saturated rings. The zero-order valence-electron chi connectivity index (χ0n) is 32.4. The van der Waals surface area contributed by atoms with E-state index in [2.05, 4.69) is 111 Å². The van der Waals surface area contributed by atoms with Gasteiger partial charge in [-0.1, -0.05) is 93.2 Å². The normalized spacial score (nSPS) is 15.6. The Balaban J connectivity index is 4.27. The summed E-state index contributed by atoms with van der Waals surface area (Å²) in [4.78, 5) is 0. The highest BCUT2D eigenvalue weighted by Crippen LogP contribution is 2.17. The van der Waals surface area contributed by atoms with Crippen LogP contribution in [0.1, 0.15) is 166 Å². The third kappa shape index (κ3) is 26.9. The second-order valence-corrected chi connectivity index (χ2v) is 14.3. The molecular weight excluding hydrogens is 572 g/mol. The molecule has 0 heterocycles. The highest BCUT2D eigenvalue weighted by atomic mass is 16.3. The maximum Gasteiger partial charge on any atom is 0.181 e. The first-order valence-corrected chi connectivity index (χ1v) is 18.3. The number of hydrogen-bond acceptors (Lipinski definition) is 3. The minimum atomic E-state index is -0.226. The third-order valence-corrected chi connectivity index (χ3v) is 8.96. The summed E-state index contributed by atoms with van der Waals surface area (Å²) in [5, 5.41) is 9.38. The first kappa shape index (κ1) is 44.2. The van der Waals surface area contributed by atoms with E-state index in [1.807, 2.05) is 0 Å². The number of rotatable bonds is 24. The van der Waals surface area contributed by atoms with Crippen LogP contribution in [0.5, 0.6) is 0 Å². The third-order valence-electron chi connectivity index (χ3n) is 8.96. The molecule has 0 bridgehead atoms. The number of hydrogen-bond donors (Lipinski definition) is 3. The predicted molar refractivity (Wildman–Crippen MR) is 212 cm³/mol. The maximum absolute atomic E-state index is 9.38. The van der Waals surface area contributed by atoms with Crippen molar-refractivity contribution in [3.8, 4) is 0 Å². The van der Waals surface area contributed by atoms with Gasteiger partial charge in [-0.2, -0.15) is 0 Å². The van der Waals surface area contributed by atoms with Crippen LogP contribution in [0.25, 0.3) is 0 Å². The zero-order chi connectivity index (χ0) is 35.6. The van der Waals surface area contributed by atoms with Crippen LogP contribution in [-0.2, 0) is 0 Å². The summed E-state index contributed by atoms with van der Waals surface area (Å²) in [5.41, 5.74) is 23.9. The van der Waals surface area contributed by atoms with Crippen molar-refractivity contribution in [2.24, 2.45) is 11.5 Å². The van der Waals surface area contributed by atoms with Gasteiger partial charge in [0.05, 0.1) is 0 Å². The minimum Gasteiger partial charge on any atom is -0.495 e. The van der Waals surface area contributed by atoms with E-state index in [0.29, 0.717) is 12.0 Å². The second kappa shape index (κ2) is 27.2. The Morgan fingerprint density at radius 1 is 0.426 bits per heavy atom. The highest BCUT2D eigenvalue weighted by molar-refractivity contribution is 5.13. The fourth-order valence-electron chi connectivity index (χ4n) is 5.28. The summed E-state index contributed by atoms with van der Waals surface area (Å²) < 4.78 is 0. The molecule has 0 spiro atoms. The number of nitrogens with two attached hydrogens (primary N) is 2. The van der Waals surface area contributed by atoms with Crippen LogP contribution in [0.15, 0.2) is 105 Å². The Kier molecular flexibility index (Phi) is 25.6. The molecule has 5 N–H and O–H groups in total. The van der Waals surface area contributed by atoms with Gasteiger partial charge in [0.2, 0.25) is 0 Å². The van der Waals surface area contributed by atoms with Crippen molar-refractivity contribution in [2.45, 2.75) is 172 Å². The summed E-state index contributed by atoms with van der Waals surface area (Å²) in [6, 6.07) is -0.226. The molecule has 0 saturated carbocycles. The van der Waals surface area contributed by atoms with E-state index in [9.17, 15) is 5.11 Å². The lowest BCUT2D eigenvalue weighted by Crippen LogP contribution is -2.23. The van der Waals surface area contributed by atoms with Crippen LogP contribution >= 0.6 is 0 Å². The standard InChI is InChI=1S/C44H74N2O/c1-34(2)18-11-19-35(3)20-12-21-36(4)22-13-23-37(5)24-14-25-38(6)26-15-27-39(7)28-16-29-40(8)30-17-31-41(9)32-33-43(45)42(10)44(46)47/h18,20,22,24,26,28,30,32,43,47H,11-17,19,21,23,25,27,29,31,33,45-46H2,1-10H3/b35-20+,36-22+,37-24+,38-26+,39-28+,40-30+,41-32+,44-42+. The molecule has 0 aromatic carbocycles. The Labute approximate surface area is 292 Å². The van der Waals surface area contributed by atoms with Crippen molar-refractivity contribution in [1.29, 1.82) is 0 Å². The molecule has 3 heteroatoms. The lowest BCUT2D eigenvalue weighted by molar-refractivity contribution is 0.392. The predicted octanol–water partition coefficient (Wildman–Crippen LogP) is 13.5. The molecule has 0 aromatic heterocycles. The molecule has 0 amide bonds. The molecule has 0 aromatic rings. The SMILES string of the molecule is CC(C)=CCC/C(C)=C/CC/C(C)=C/CC/C(C)=C/CC/C(C)=C/CC/C(C)=C/CC/C(C)=C/CC/C(C)=C/CC(N)/C(C)=C(\N)O. The zero-order valence-corrected chi connectivity index (χ0v) is 32.4. The van der Waals surface area contributed by atoms with Crippen molar-refractivity contribution in [3.05, 3.63) is 105 Å². The lowest BCUT2D eigenvalue weighted by atomic mass is 10.0. The van der Waals surface area contributed by atoms with Crippen LogP contribution < -0.4 is 11.5 Å². The summed E-state index contributed by atoms with van der Waals surface area (Å²) in [7, 11) is 0. The molecule has 0 aliphatic carbocycles. The van der Waals surface area contributed by atoms with E-state index in [1.165, 1.54) is 63.8 Å². The van der Waals surface area contributed by atoms with Crippen LogP contribution in [0, 0.1) is 0 Å². The van der Waals surface area contributed by atoms with Crippen LogP contribution in [0.2, 0.25) is 0 Å². The first-order chi connectivity index (χ1) is 22.2. The van der Waals surface area contributed by atoms with Gasteiger partial charge < -0.3 is 16.6 Å². The average molecular weight is 647 g/mol. The van der Waals surface area contributed by atoms with Gasteiger partial charge in [-0.3, -0.25) is 0 Å². The fourth-order valence-corrected chi connectivity index (χ4v) is 5.28. The van der Waals surface area contributed by atoms with Gasteiger partial charge in [-0.05, 0) is 166 Å². The second-order valence-electron chi connectivity index (χ2n) is 14.3. The largest absolute Gasteiger partial charge is 0.495 e. The van der Waals surface area contributed by atoms with Crippen molar-refractivity contribution >= 4 is 0 Å². The van der Waals surface area contributed by atoms with Crippen LogP contribution in [-0.4, -0.2) is 11.1 Å². The molecule has 47 heavy (non-hydrogen) atoms. The van der Waals surface area contributed by atoms with E-state index >= 15 is 0 Å². The lowest BCUT2D eigenvalue weighted by Gasteiger charge is -2.11. The molecule has 266 valence electrons. The average Bonchev–Trinajstić information content (AvgIpc) is 2.99. The van der Waals surface area contributed by atoms with Gasteiger partial charge in [0, 0.05) is 11.6 Å². The minimum absolute atomic E-state index is 0.160. The van der Waals surface area contributed by atoms with E-state index in [1.54, 1.807) is 6.92 Å². The highest BCUT2D eigenvalue weighted by Gasteiger charge is 2.06. The van der Waals surface area contributed by atoms with Gasteiger partial charge >= 0.3 is 0 Å². The topological polar surface area (TPSA) is 72.3 Å². The summed E-state index contributed by atoms with van der Waals surface area (Å²) in [6.45, 7) is 21.9. The Bertz CT molecular complexity index is 1170. The van der Waals surface area contributed by atoms with Crippen LogP contribution in [0.4, 0.5) is 0 Å². The van der Waals surface area contributed by atoms with Crippen molar-refractivity contribution in [1.82, 2.24) is 0 Å². The number of aliphatic hydroxyl groups excluding tert-OH is 1. The summed E-state index contributed by atoms with van der Waals surface area (Å²) >= 11 is 0. The summed E-state index contributed by atoms with van der Waals surface area (Å²) in [5.74, 6) is -0.160. The first-order valence-electron chi connectivity index (χ1n) is 18.3. The van der Waals surface area contributed by atoms with E-state index in [0.717, 1.165) is 70.6 Å². The van der Waals surface area contributed by atoms with Gasteiger partial charge in [-0.15, -0.1) is 0 Å². The maximum atomic E-state index is 9.38. The quantitative estimate of drug-likeness (QED) is 0.0721. The Morgan fingerprint density at radius 3 is 0.894 bits per heavy atom. The Morgan fingerprint density at radius 2 is 0.660 bits per heavy atom. The Hall–Kier alpha value is -2.78. The molecule has 1 unspecified atom stereocenters. The van der Waals surface area contributed by atoms with E-state index in [4.69, 9.17) is 11.5 Å². The van der Waals surface area contributed by atoms with Gasteiger partial charge in [-0.25, -0.2) is 0 Å². The van der Waals surface area contributed by atoms with Gasteiger partial charge in [0.1, 0.15) is 0 Å². The molecule has 0 rings (SSSR count). The monoisotopic (exact) mass is 647 g/mol. The fraction of sp³-hybridized carbons (Fsp3) is 0.591. The molecule has 3 nitrogen and oxygen atoms in total. The smallest absolute Gasteiger partial charge is 0.181 e. The van der Waals surface area contributed by atoms with Crippen molar-refractivity contribution in [3.63, 3.8) is 0 Å². The van der Waals surface area contributed by atoms with E-state index < -0.39 is 0 Å². The van der Waals surface area contributed by atoms with Gasteiger partial charge in [0.15, 0.2) is 5.88 Å². The van der Waals surface area contributed by atoms with Crippen LogP contribution in [0.3, 0.4) is 0 Å². The van der Waals surface area contributed by atoms with E-state index in [-0.39, 0.29) is 11.9 Å². The molecule has 0 aliphatic rings. The molecule has 0 saturated heterocycles. The number of aliphatic hydroxyl groups is 1. The van der Waals surface area contributed by atoms with Gasteiger partial charge in [0.25, 0.3) is 0 Å².